The zero-order valence-electron chi connectivity index (χ0n) is 10.9. The van der Waals surface area contributed by atoms with E-state index < -0.39 is 0 Å². The average Bonchev–Trinajstić information content (AvgIpc) is 3.11. The Hall–Kier alpha value is -0.380. The molecule has 1 aromatic carbocycles. The van der Waals surface area contributed by atoms with E-state index in [1.165, 1.54) is 37.9 Å². The van der Waals surface area contributed by atoms with Gasteiger partial charge >= 0.3 is 0 Å². The monoisotopic (exact) mass is 308 g/mol. The Bertz CT molecular complexity index is 399. The van der Waals surface area contributed by atoms with Crippen LogP contribution in [-0.4, -0.2) is 30.1 Å². The summed E-state index contributed by atoms with van der Waals surface area (Å²) in [6.07, 6.45) is 4.15. The molecule has 3 rings (SSSR count). The first-order valence-corrected chi connectivity index (χ1v) is 7.77. The molecule has 2 nitrogen and oxygen atoms in total. The van der Waals surface area contributed by atoms with Crippen molar-refractivity contribution in [2.45, 2.75) is 44.3 Å². The standard InChI is InChI=1S/C15H21BrN2/c1-11(12-2-4-13(16)5-3-12)17-14-8-9-18(10-14)15-6-7-15/h2-5,11,14-15,17H,6-10H2,1H3. The highest BCUT2D eigenvalue weighted by Gasteiger charge is 2.34. The lowest BCUT2D eigenvalue weighted by atomic mass is 10.1. The average molecular weight is 309 g/mol. The molecule has 1 aliphatic carbocycles. The van der Waals surface area contributed by atoms with Gasteiger partial charge in [0.05, 0.1) is 0 Å². The van der Waals surface area contributed by atoms with E-state index in [2.05, 4.69) is 57.3 Å². The first-order chi connectivity index (χ1) is 8.72. The molecule has 2 unspecified atom stereocenters. The smallest absolute Gasteiger partial charge is 0.0294 e. The Kier molecular flexibility index (Phi) is 3.73. The third kappa shape index (κ3) is 2.95. The Morgan fingerprint density at radius 3 is 2.61 bits per heavy atom. The molecule has 3 heteroatoms. The van der Waals surface area contributed by atoms with Crippen LogP contribution in [0.2, 0.25) is 0 Å². The minimum Gasteiger partial charge on any atom is -0.306 e. The largest absolute Gasteiger partial charge is 0.306 e. The zero-order valence-corrected chi connectivity index (χ0v) is 12.5. The van der Waals surface area contributed by atoms with E-state index in [0.29, 0.717) is 12.1 Å². The van der Waals surface area contributed by atoms with Gasteiger partial charge in [0.15, 0.2) is 0 Å². The third-order valence-electron chi connectivity index (χ3n) is 4.14. The van der Waals surface area contributed by atoms with Crippen molar-refractivity contribution in [3.05, 3.63) is 34.3 Å². The van der Waals surface area contributed by atoms with Crippen LogP contribution in [0.25, 0.3) is 0 Å². The van der Waals surface area contributed by atoms with Crippen LogP contribution in [-0.2, 0) is 0 Å². The van der Waals surface area contributed by atoms with Crippen LogP contribution in [0.1, 0.15) is 37.8 Å². The third-order valence-corrected chi connectivity index (χ3v) is 4.67. The second-order valence-electron chi connectivity index (χ2n) is 5.65. The molecule has 0 bridgehead atoms. The molecule has 0 spiro atoms. The minimum absolute atomic E-state index is 0.447. The summed E-state index contributed by atoms with van der Waals surface area (Å²) in [4.78, 5) is 2.66. The Morgan fingerprint density at radius 2 is 1.94 bits per heavy atom. The lowest BCUT2D eigenvalue weighted by Gasteiger charge is -2.20. The van der Waals surface area contributed by atoms with E-state index in [1.807, 2.05) is 0 Å². The normalized spacial score (nSPS) is 26.4. The Morgan fingerprint density at radius 1 is 1.22 bits per heavy atom. The molecule has 0 amide bonds. The molecule has 1 heterocycles. The van der Waals surface area contributed by atoms with Crippen LogP contribution in [0.5, 0.6) is 0 Å². The van der Waals surface area contributed by atoms with Crippen molar-refractivity contribution in [3.8, 4) is 0 Å². The van der Waals surface area contributed by atoms with E-state index in [0.717, 1.165) is 10.5 Å². The highest BCUT2D eigenvalue weighted by Crippen LogP contribution is 2.30. The highest BCUT2D eigenvalue weighted by molar-refractivity contribution is 9.10. The van der Waals surface area contributed by atoms with Gasteiger partial charge in [-0.25, -0.2) is 0 Å². The number of halogens is 1. The van der Waals surface area contributed by atoms with Crippen LogP contribution in [0.3, 0.4) is 0 Å². The minimum atomic E-state index is 0.447. The Balaban J connectivity index is 1.54. The van der Waals surface area contributed by atoms with E-state index in [1.54, 1.807) is 0 Å². The number of nitrogens with one attached hydrogen (secondary N) is 1. The summed E-state index contributed by atoms with van der Waals surface area (Å²) in [7, 11) is 0. The fraction of sp³-hybridized carbons (Fsp3) is 0.600. The van der Waals surface area contributed by atoms with Gasteiger partial charge < -0.3 is 5.32 Å². The molecule has 98 valence electrons. The van der Waals surface area contributed by atoms with Crippen LogP contribution in [0, 0.1) is 0 Å². The fourth-order valence-corrected chi connectivity index (χ4v) is 3.16. The van der Waals surface area contributed by atoms with Gasteiger partial charge in [-0.2, -0.15) is 0 Å². The summed E-state index contributed by atoms with van der Waals surface area (Å²) >= 11 is 3.49. The zero-order chi connectivity index (χ0) is 12.5. The van der Waals surface area contributed by atoms with Crippen LogP contribution >= 0.6 is 15.9 Å². The summed E-state index contributed by atoms with van der Waals surface area (Å²) in [6, 6.07) is 10.7. The quantitative estimate of drug-likeness (QED) is 0.918. The lowest BCUT2D eigenvalue weighted by molar-refractivity contribution is 0.313. The highest BCUT2D eigenvalue weighted by atomic mass is 79.9. The number of benzene rings is 1. The van der Waals surface area contributed by atoms with E-state index >= 15 is 0 Å². The molecule has 2 aliphatic rings. The van der Waals surface area contributed by atoms with Crippen molar-refractivity contribution in [1.29, 1.82) is 0 Å². The number of rotatable bonds is 4. The van der Waals surface area contributed by atoms with Crippen molar-refractivity contribution in [1.82, 2.24) is 10.2 Å². The van der Waals surface area contributed by atoms with Crippen molar-refractivity contribution in [3.63, 3.8) is 0 Å². The molecular formula is C15H21BrN2. The van der Waals surface area contributed by atoms with Gasteiger partial charge in [-0.15, -0.1) is 0 Å². The molecule has 2 atom stereocenters. The molecule has 1 aliphatic heterocycles. The van der Waals surface area contributed by atoms with E-state index in [9.17, 15) is 0 Å². The maximum absolute atomic E-state index is 3.77. The summed E-state index contributed by atoms with van der Waals surface area (Å²) in [5.41, 5.74) is 1.38. The van der Waals surface area contributed by atoms with Crippen molar-refractivity contribution >= 4 is 15.9 Å². The fourth-order valence-electron chi connectivity index (χ4n) is 2.90. The maximum Gasteiger partial charge on any atom is 0.0294 e. The lowest BCUT2D eigenvalue weighted by Crippen LogP contribution is -2.34. The second kappa shape index (κ2) is 5.32. The second-order valence-corrected chi connectivity index (χ2v) is 6.57. The predicted molar refractivity (Wildman–Crippen MR) is 78.7 cm³/mol. The molecule has 0 radical (unpaired) electrons. The summed E-state index contributed by atoms with van der Waals surface area (Å²) in [5.74, 6) is 0. The van der Waals surface area contributed by atoms with Crippen molar-refractivity contribution < 1.29 is 0 Å². The molecule has 2 fully saturated rings. The van der Waals surface area contributed by atoms with Gasteiger partial charge in [0, 0.05) is 35.7 Å². The van der Waals surface area contributed by atoms with Gasteiger partial charge in [-0.3, -0.25) is 4.90 Å². The number of nitrogens with zero attached hydrogens (tertiary/aromatic N) is 1. The SMILES string of the molecule is CC(NC1CCN(C2CC2)C1)c1ccc(Br)cc1. The first-order valence-electron chi connectivity index (χ1n) is 6.98. The summed E-state index contributed by atoms with van der Waals surface area (Å²) in [5, 5.41) is 3.77. The molecule has 0 aromatic heterocycles. The molecule has 1 saturated heterocycles. The van der Waals surface area contributed by atoms with Gasteiger partial charge in [-0.1, -0.05) is 28.1 Å². The molecule has 1 aromatic rings. The summed E-state index contributed by atoms with van der Waals surface area (Å²) < 4.78 is 1.15. The summed E-state index contributed by atoms with van der Waals surface area (Å²) in [6.45, 7) is 4.80. The molecule has 18 heavy (non-hydrogen) atoms. The molecular weight excluding hydrogens is 288 g/mol. The van der Waals surface area contributed by atoms with Crippen LogP contribution in [0.15, 0.2) is 28.7 Å². The van der Waals surface area contributed by atoms with Gasteiger partial charge in [0.1, 0.15) is 0 Å². The maximum atomic E-state index is 3.77. The van der Waals surface area contributed by atoms with Crippen LogP contribution in [0.4, 0.5) is 0 Å². The predicted octanol–water partition coefficient (Wildman–Crippen LogP) is 3.34. The van der Waals surface area contributed by atoms with Gasteiger partial charge in [0.2, 0.25) is 0 Å². The van der Waals surface area contributed by atoms with Gasteiger partial charge in [-0.05, 0) is 43.9 Å². The number of likely N-dealkylation sites (tertiary alicyclic amines) is 1. The van der Waals surface area contributed by atoms with Crippen molar-refractivity contribution in [2.75, 3.05) is 13.1 Å². The first kappa shape index (κ1) is 12.6. The van der Waals surface area contributed by atoms with Crippen LogP contribution < -0.4 is 5.32 Å². The van der Waals surface area contributed by atoms with E-state index in [4.69, 9.17) is 0 Å². The van der Waals surface area contributed by atoms with Crippen molar-refractivity contribution in [2.24, 2.45) is 0 Å². The van der Waals surface area contributed by atoms with Gasteiger partial charge in [0.25, 0.3) is 0 Å². The molecule has 1 saturated carbocycles. The number of hydrogen-bond donors (Lipinski definition) is 1. The number of hydrogen-bond acceptors (Lipinski definition) is 2. The topological polar surface area (TPSA) is 15.3 Å². The Labute approximate surface area is 118 Å². The molecule has 1 N–H and O–H groups in total. The van der Waals surface area contributed by atoms with E-state index in [-0.39, 0.29) is 0 Å².